The van der Waals surface area contributed by atoms with Gasteiger partial charge in [0, 0.05) is 0 Å². The topological polar surface area (TPSA) is 124 Å². The summed E-state index contributed by atoms with van der Waals surface area (Å²) in [6.07, 6.45) is -2.61. The molecular weight excluding hydrogens is 496 g/mol. The first-order chi connectivity index (χ1) is 17.4. The molecule has 0 unspecified atom stereocenters. The quantitative estimate of drug-likeness (QED) is 0.358. The Hall–Kier alpha value is -2.20. The highest BCUT2D eigenvalue weighted by Gasteiger charge is 2.57. The van der Waals surface area contributed by atoms with Crippen LogP contribution in [0.5, 0.6) is 0 Å². The molecule has 10 heteroatoms. The predicted molar refractivity (Wildman–Crippen MR) is 137 cm³/mol. The van der Waals surface area contributed by atoms with Gasteiger partial charge < -0.3 is 28.4 Å². The molecule has 1 aliphatic heterocycles. The Labute approximate surface area is 226 Å². The third kappa shape index (κ3) is 8.40. The van der Waals surface area contributed by atoms with Gasteiger partial charge in [0.05, 0.1) is 29.5 Å². The Kier molecular flexibility index (Phi) is 10.4. The van der Waals surface area contributed by atoms with E-state index in [0.717, 1.165) is 32.1 Å². The molecule has 0 aromatic heterocycles. The zero-order valence-electron chi connectivity index (χ0n) is 24.6. The molecule has 2 fully saturated rings. The SMILES string of the molecule is COC(=O)[C@H]1O[C@@H](OC2CCCCC2)[C@H](OC(=O)C(C)(C)C)[C@@H](OC(=O)C(C)(C)C)[C@@H]1OC(=O)C(C)(C)C. The fraction of sp³-hybridized carbons (Fsp3) is 0.857. The van der Waals surface area contributed by atoms with E-state index < -0.39 is 70.8 Å². The maximum atomic E-state index is 13.1. The lowest BCUT2D eigenvalue weighted by molar-refractivity contribution is -0.315. The highest BCUT2D eigenvalue weighted by molar-refractivity contribution is 5.80. The van der Waals surface area contributed by atoms with Gasteiger partial charge in [0.1, 0.15) is 0 Å². The van der Waals surface area contributed by atoms with Gasteiger partial charge in [-0.1, -0.05) is 19.3 Å². The van der Waals surface area contributed by atoms with Crippen LogP contribution >= 0.6 is 0 Å². The van der Waals surface area contributed by atoms with Crippen LogP contribution in [0.4, 0.5) is 0 Å². The zero-order valence-corrected chi connectivity index (χ0v) is 24.6. The van der Waals surface area contributed by atoms with Crippen LogP contribution in [-0.4, -0.2) is 67.8 Å². The number of ether oxygens (including phenoxy) is 6. The van der Waals surface area contributed by atoms with E-state index in [1.165, 1.54) is 7.11 Å². The van der Waals surface area contributed by atoms with Gasteiger partial charge in [-0.15, -0.1) is 0 Å². The summed E-state index contributed by atoms with van der Waals surface area (Å²) in [4.78, 5) is 52.1. The van der Waals surface area contributed by atoms with Crippen LogP contribution in [0.2, 0.25) is 0 Å². The summed E-state index contributed by atoms with van der Waals surface area (Å²) in [7, 11) is 1.17. The summed E-state index contributed by atoms with van der Waals surface area (Å²) in [5, 5.41) is 0. The van der Waals surface area contributed by atoms with E-state index in [0.29, 0.717) is 0 Å². The lowest BCUT2D eigenvalue weighted by Gasteiger charge is -2.45. The highest BCUT2D eigenvalue weighted by Crippen LogP contribution is 2.36. The van der Waals surface area contributed by atoms with Gasteiger partial charge in [0.2, 0.25) is 0 Å². The Bertz CT molecular complexity index is 854. The van der Waals surface area contributed by atoms with E-state index in [1.807, 2.05) is 0 Å². The Morgan fingerprint density at radius 3 is 1.47 bits per heavy atom. The van der Waals surface area contributed by atoms with Crippen molar-refractivity contribution in [2.45, 2.75) is 131 Å². The number of carbonyl (C=O) groups is 4. The van der Waals surface area contributed by atoms with E-state index in [9.17, 15) is 19.2 Å². The number of rotatable bonds is 6. The molecule has 0 amide bonds. The number of esters is 4. The second-order valence-corrected chi connectivity index (χ2v) is 13.2. The molecule has 0 N–H and O–H groups in total. The van der Waals surface area contributed by atoms with Gasteiger partial charge in [-0.25, -0.2) is 4.79 Å². The van der Waals surface area contributed by atoms with E-state index in [2.05, 4.69) is 0 Å². The van der Waals surface area contributed by atoms with Crippen LogP contribution in [0, 0.1) is 16.2 Å². The first-order valence-corrected chi connectivity index (χ1v) is 13.4. The smallest absolute Gasteiger partial charge is 0.339 e. The first kappa shape index (κ1) is 32.0. The summed E-state index contributed by atoms with van der Waals surface area (Å²) < 4.78 is 34.8. The van der Waals surface area contributed by atoms with Crippen molar-refractivity contribution >= 4 is 23.9 Å². The molecule has 0 radical (unpaired) electrons. The van der Waals surface area contributed by atoms with Crippen LogP contribution < -0.4 is 0 Å². The van der Waals surface area contributed by atoms with Gasteiger partial charge in [-0.3, -0.25) is 14.4 Å². The molecule has 1 saturated heterocycles. The van der Waals surface area contributed by atoms with E-state index in [4.69, 9.17) is 28.4 Å². The number of carbonyl (C=O) groups excluding carboxylic acids is 4. The molecule has 218 valence electrons. The summed E-state index contributed by atoms with van der Waals surface area (Å²) in [6.45, 7) is 15.0. The van der Waals surface area contributed by atoms with Crippen molar-refractivity contribution in [3.05, 3.63) is 0 Å². The van der Waals surface area contributed by atoms with Gasteiger partial charge in [0.15, 0.2) is 30.7 Å². The standard InChI is InChI=1S/C28H46O10/c1-26(2,3)23(30)36-17-18(37-24(31)27(4,5)6)20(38-25(32)28(7,8)9)22(35-19(17)21(29)33-10)34-16-14-12-11-13-15-16/h16-20,22H,11-15H2,1-10H3/t17-,18-,19-,20+,22+/m0/s1. The Morgan fingerprint density at radius 2 is 1.05 bits per heavy atom. The van der Waals surface area contributed by atoms with Crippen LogP contribution in [0.1, 0.15) is 94.4 Å². The fourth-order valence-corrected chi connectivity index (χ4v) is 3.91. The largest absolute Gasteiger partial charge is 0.467 e. The number of hydrogen-bond acceptors (Lipinski definition) is 10. The molecule has 0 spiro atoms. The van der Waals surface area contributed by atoms with Crippen LogP contribution in [0.25, 0.3) is 0 Å². The van der Waals surface area contributed by atoms with Crippen LogP contribution in [-0.2, 0) is 47.6 Å². The number of methoxy groups -OCH3 is 1. The average Bonchev–Trinajstić information content (AvgIpc) is 2.80. The molecule has 0 aromatic rings. The maximum Gasteiger partial charge on any atom is 0.339 e. The van der Waals surface area contributed by atoms with Gasteiger partial charge in [-0.05, 0) is 75.2 Å². The second-order valence-electron chi connectivity index (χ2n) is 13.2. The highest BCUT2D eigenvalue weighted by atomic mass is 16.7. The molecule has 2 aliphatic rings. The third-order valence-corrected chi connectivity index (χ3v) is 6.37. The molecule has 5 atom stereocenters. The van der Waals surface area contributed by atoms with E-state index >= 15 is 0 Å². The van der Waals surface area contributed by atoms with E-state index in [1.54, 1.807) is 62.3 Å². The summed E-state index contributed by atoms with van der Waals surface area (Å²) in [5.74, 6) is -2.74. The molecule has 38 heavy (non-hydrogen) atoms. The molecule has 0 bridgehead atoms. The predicted octanol–water partition coefficient (Wildman–Crippen LogP) is 4.11. The Morgan fingerprint density at radius 1 is 0.632 bits per heavy atom. The van der Waals surface area contributed by atoms with E-state index in [-0.39, 0.29) is 6.10 Å². The normalized spacial score (nSPS) is 27.3. The molecule has 1 heterocycles. The van der Waals surface area contributed by atoms with Gasteiger partial charge >= 0.3 is 23.9 Å². The van der Waals surface area contributed by atoms with Crippen molar-refractivity contribution in [1.82, 2.24) is 0 Å². The summed E-state index contributed by atoms with van der Waals surface area (Å²) in [6, 6.07) is 0. The van der Waals surface area contributed by atoms with Crippen molar-refractivity contribution in [3.63, 3.8) is 0 Å². The minimum absolute atomic E-state index is 0.212. The monoisotopic (exact) mass is 542 g/mol. The van der Waals surface area contributed by atoms with Crippen molar-refractivity contribution in [3.8, 4) is 0 Å². The summed E-state index contributed by atoms with van der Waals surface area (Å²) in [5.41, 5.74) is -2.81. The van der Waals surface area contributed by atoms with Crippen molar-refractivity contribution in [1.29, 1.82) is 0 Å². The minimum atomic E-state index is -1.48. The lowest BCUT2D eigenvalue weighted by atomic mass is 9.92. The average molecular weight is 543 g/mol. The fourth-order valence-electron chi connectivity index (χ4n) is 3.91. The second kappa shape index (κ2) is 12.3. The lowest BCUT2D eigenvalue weighted by Crippen LogP contribution is -2.65. The van der Waals surface area contributed by atoms with Crippen molar-refractivity contribution in [2.24, 2.45) is 16.2 Å². The maximum absolute atomic E-state index is 13.1. The molecule has 1 aliphatic carbocycles. The van der Waals surface area contributed by atoms with Crippen molar-refractivity contribution < 1.29 is 47.6 Å². The summed E-state index contributed by atoms with van der Waals surface area (Å²) >= 11 is 0. The molecule has 10 nitrogen and oxygen atoms in total. The molecule has 2 rings (SSSR count). The third-order valence-electron chi connectivity index (χ3n) is 6.37. The van der Waals surface area contributed by atoms with Crippen LogP contribution in [0.3, 0.4) is 0 Å². The number of hydrogen-bond donors (Lipinski definition) is 0. The molecule has 0 aromatic carbocycles. The molecule has 1 saturated carbocycles. The zero-order chi connectivity index (χ0) is 29.1. The first-order valence-electron chi connectivity index (χ1n) is 13.4. The van der Waals surface area contributed by atoms with Crippen molar-refractivity contribution in [2.75, 3.05) is 7.11 Å². The van der Waals surface area contributed by atoms with Gasteiger partial charge in [-0.2, -0.15) is 0 Å². The minimum Gasteiger partial charge on any atom is -0.467 e. The molecular formula is C28H46O10. The Balaban J connectivity index is 2.61. The van der Waals surface area contributed by atoms with Gasteiger partial charge in [0.25, 0.3) is 0 Å². The van der Waals surface area contributed by atoms with Crippen LogP contribution in [0.15, 0.2) is 0 Å².